The summed E-state index contributed by atoms with van der Waals surface area (Å²) < 4.78 is 0. The minimum atomic E-state index is 0.295. The molecule has 0 spiro atoms. The lowest BCUT2D eigenvalue weighted by Crippen LogP contribution is -2.43. The number of carbonyl (C=O) groups is 1. The molecule has 2 fully saturated rings. The SMILES string of the molecule is CCC1CCCN(C(=O)C2CCC(CN)CC2)C1. The minimum Gasteiger partial charge on any atom is -0.342 e. The minimum absolute atomic E-state index is 0.295. The Balaban J connectivity index is 1.83. The molecule has 1 amide bonds. The van der Waals surface area contributed by atoms with Crippen molar-refractivity contribution in [3.8, 4) is 0 Å². The zero-order chi connectivity index (χ0) is 13.0. The van der Waals surface area contributed by atoms with E-state index in [2.05, 4.69) is 11.8 Å². The Labute approximate surface area is 111 Å². The molecular formula is C15H28N2O. The van der Waals surface area contributed by atoms with Gasteiger partial charge in [-0.05, 0) is 56.9 Å². The second-order valence-electron chi connectivity index (χ2n) is 6.15. The van der Waals surface area contributed by atoms with E-state index >= 15 is 0 Å². The second-order valence-corrected chi connectivity index (χ2v) is 6.15. The van der Waals surface area contributed by atoms with Crippen LogP contribution in [0.5, 0.6) is 0 Å². The lowest BCUT2D eigenvalue weighted by atomic mass is 9.81. The highest BCUT2D eigenvalue weighted by atomic mass is 16.2. The first-order valence-electron chi connectivity index (χ1n) is 7.73. The van der Waals surface area contributed by atoms with Gasteiger partial charge in [0.2, 0.25) is 5.91 Å². The van der Waals surface area contributed by atoms with Crippen molar-refractivity contribution in [2.24, 2.45) is 23.5 Å². The van der Waals surface area contributed by atoms with Gasteiger partial charge in [0, 0.05) is 19.0 Å². The Morgan fingerprint density at radius 2 is 1.89 bits per heavy atom. The van der Waals surface area contributed by atoms with E-state index in [1.54, 1.807) is 0 Å². The molecule has 3 nitrogen and oxygen atoms in total. The molecule has 1 unspecified atom stereocenters. The topological polar surface area (TPSA) is 46.3 Å². The molecule has 2 aliphatic rings. The third kappa shape index (κ3) is 3.25. The number of amides is 1. The first kappa shape index (κ1) is 13.9. The Bertz CT molecular complexity index is 272. The van der Waals surface area contributed by atoms with Crippen molar-refractivity contribution in [3.05, 3.63) is 0 Å². The largest absolute Gasteiger partial charge is 0.342 e. The van der Waals surface area contributed by atoms with Crippen molar-refractivity contribution in [3.63, 3.8) is 0 Å². The Morgan fingerprint density at radius 3 is 2.50 bits per heavy atom. The zero-order valence-corrected chi connectivity index (χ0v) is 11.7. The highest BCUT2D eigenvalue weighted by molar-refractivity contribution is 5.79. The van der Waals surface area contributed by atoms with Gasteiger partial charge in [-0.25, -0.2) is 0 Å². The highest BCUT2D eigenvalue weighted by Gasteiger charge is 2.31. The lowest BCUT2D eigenvalue weighted by Gasteiger charge is -2.36. The van der Waals surface area contributed by atoms with Crippen LogP contribution in [0, 0.1) is 17.8 Å². The van der Waals surface area contributed by atoms with Crippen molar-refractivity contribution in [1.82, 2.24) is 4.90 Å². The van der Waals surface area contributed by atoms with E-state index in [4.69, 9.17) is 5.73 Å². The molecule has 0 radical (unpaired) electrons. The van der Waals surface area contributed by atoms with Crippen LogP contribution >= 0.6 is 0 Å². The number of hydrogen-bond acceptors (Lipinski definition) is 2. The van der Waals surface area contributed by atoms with Crippen LogP contribution in [-0.2, 0) is 4.79 Å². The van der Waals surface area contributed by atoms with Crippen molar-refractivity contribution in [2.75, 3.05) is 19.6 Å². The Morgan fingerprint density at radius 1 is 1.17 bits per heavy atom. The Hall–Kier alpha value is -0.570. The van der Waals surface area contributed by atoms with Gasteiger partial charge in [0.25, 0.3) is 0 Å². The number of likely N-dealkylation sites (tertiary alicyclic amines) is 1. The molecule has 2 rings (SSSR count). The van der Waals surface area contributed by atoms with Crippen LogP contribution in [-0.4, -0.2) is 30.4 Å². The van der Waals surface area contributed by atoms with Crippen LogP contribution in [0.15, 0.2) is 0 Å². The molecule has 104 valence electrons. The smallest absolute Gasteiger partial charge is 0.225 e. The Kier molecular flexibility index (Phi) is 5.04. The van der Waals surface area contributed by atoms with Crippen molar-refractivity contribution in [1.29, 1.82) is 0 Å². The molecule has 2 N–H and O–H groups in total. The fourth-order valence-electron chi connectivity index (χ4n) is 3.50. The predicted molar refractivity (Wildman–Crippen MR) is 74.1 cm³/mol. The predicted octanol–water partition coefficient (Wildman–Crippen LogP) is 2.40. The number of piperidine rings is 1. The average Bonchev–Trinajstić information content (AvgIpc) is 2.46. The van der Waals surface area contributed by atoms with Crippen LogP contribution in [0.1, 0.15) is 51.9 Å². The van der Waals surface area contributed by atoms with Crippen molar-refractivity contribution >= 4 is 5.91 Å². The summed E-state index contributed by atoms with van der Waals surface area (Å²) in [7, 11) is 0. The van der Waals surface area contributed by atoms with Gasteiger partial charge in [-0.15, -0.1) is 0 Å². The van der Waals surface area contributed by atoms with Crippen LogP contribution in [0.4, 0.5) is 0 Å². The monoisotopic (exact) mass is 252 g/mol. The van der Waals surface area contributed by atoms with Gasteiger partial charge in [-0.3, -0.25) is 4.79 Å². The van der Waals surface area contributed by atoms with Crippen LogP contribution in [0.25, 0.3) is 0 Å². The quantitative estimate of drug-likeness (QED) is 0.838. The van der Waals surface area contributed by atoms with Gasteiger partial charge in [0.05, 0.1) is 0 Å². The fraction of sp³-hybridized carbons (Fsp3) is 0.933. The molecule has 1 heterocycles. The molecule has 0 aromatic rings. The molecule has 1 atom stereocenters. The molecule has 18 heavy (non-hydrogen) atoms. The molecule has 3 heteroatoms. The van der Waals surface area contributed by atoms with E-state index in [0.29, 0.717) is 17.7 Å². The molecule has 0 aromatic carbocycles. The summed E-state index contributed by atoms with van der Waals surface area (Å²) in [4.78, 5) is 14.6. The third-order valence-corrected chi connectivity index (χ3v) is 4.94. The first-order chi connectivity index (χ1) is 8.74. The number of nitrogens with zero attached hydrogens (tertiary/aromatic N) is 1. The summed E-state index contributed by atoms with van der Waals surface area (Å²) in [5, 5.41) is 0. The molecular weight excluding hydrogens is 224 g/mol. The van der Waals surface area contributed by atoms with Gasteiger partial charge in [-0.2, -0.15) is 0 Å². The van der Waals surface area contributed by atoms with E-state index in [-0.39, 0.29) is 0 Å². The maximum absolute atomic E-state index is 12.5. The standard InChI is InChI=1S/C15H28N2O/c1-2-12-4-3-9-17(11-12)15(18)14-7-5-13(10-16)6-8-14/h12-14H,2-11,16H2,1H3. The maximum Gasteiger partial charge on any atom is 0.225 e. The van der Waals surface area contributed by atoms with Gasteiger partial charge in [0.1, 0.15) is 0 Å². The lowest BCUT2D eigenvalue weighted by molar-refractivity contribution is -0.138. The first-order valence-corrected chi connectivity index (χ1v) is 7.73. The molecule has 1 saturated carbocycles. The van der Waals surface area contributed by atoms with E-state index in [1.807, 2.05) is 0 Å². The summed E-state index contributed by atoms with van der Waals surface area (Å²) in [6.07, 6.45) is 8.14. The zero-order valence-electron chi connectivity index (χ0n) is 11.7. The van der Waals surface area contributed by atoms with E-state index < -0.39 is 0 Å². The van der Waals surface area contributed by atoms with Crippen molar-refractivity contribution < 1.29 is 4.79 Å². The molecule has 1 saturated heterocycles. The normalized spacial score (nSPS) is 33.4. The molecule has 0 aromatic heterocycles. The van der Waals surface area contributed by atoms with Crippen molar-refractivity contribution in [2.45, 2.75) is 51.9 Å². The fourth-order valence-corrected chi connectivity index (χ4v) is 3.50. The molecule has 1 aliphatic carbocycles. The summed E-state index contributed by atoms with van der Waals surface area (Å²) in [6, 6.07) is 0. The van der Waals surface area contributed by atoms with Gasteiger partial charge >= 0.3 is 0 Å². The van der Waals surface area contributed by atoms with Gasteiger partial charge in [-0.1, -0.05) is 13.3 Å². The number of carbonyl (C=O) groups excluding carboxylic acids is 1. The van der Waals surface area contributed by atoms with Crippen LogP contribution in [0.3, 0.4) is 0 Å². The van der Waals surface area contributed by atoms with Gasteiger partial charge < -0.3 is 10.6 Å². The molecule has 1 aliphatic heterocycles. The van der Waals surface area contributed by atoms with E-state index in [9.17, 15) is 4.79 Å². The highest BCUT2D eigenvalue weighted by Crippen LogP contribution is 2.31. The van der Waals surface area contributed by atoms with Crippen LogP contribution in [0.2, 0.25) is 0 Å². The van der Waals surface area contributed by atoms with E-state index in [1.165, 1.54) is 19.3 Å². The number of hydrogen-bond donors (Lipinski definition) is 1. The summed E-state index contributed by atoms with van der Waals surface area (Å²) in [5.74, 6) is 2.13. The second kappa shape index (κ2) is 6.55. The summed E-state index contributed by atoms with van der Waals surface area (Å²) in [5.41, 5.74) is 5.71. The number of nitrogens with two attached hydrogens (primary N) is 1. The van der Waals surface area contributed by atoms with E-state index in [0.717, 1.165) is 51.2 Å². The molecule has 0 bridgehead atoms. The van der Waals surface area contributed by atoms with Gasteiger partial charge in [0.15, 0.2) is 0 Å². The number of rotatable bonds is 3. The maximum atomic E-state index is 12.5. The van der Waals surface area contributed by atoms with Crippen LogP contribution < -0.4 is 5.73 Å². The third-order valence-electron chi connectivity index (χ3n) is 4.94. The summed E-state index contributed by atoms with van der Waals surface area (Å²) >= 11 is 0. The average molecular weight is 252 g/mol. The summed E-state index contributed by atoms with van der Waals surface area (Å²) in [6.45, 7) is 5.03.